The van der Waals surface area contributed by atoms with Crippen LogP contribution in [0.25, 0.3) is 0 Å². The van der Waals surface area contributed by atoms with Crippen LogP contribution in [0.3, 0.4) is 0 Å². The molecule has 2 atom stereocenters. The van der Waals surface area contributed by atoms with Crippen LogP contribution in [0.1, 0.15) is 63.1 Å². The number of nitrogens with two attached hydrogens (primary N) is 1. The van der Waals surface area contributed by atoms with Crippen LogP contribution in [-0.2, 0) is 0 Å². The van der Waals surface area contributed by atoms with E-state index in [-0.39, 0.29) is 6.04 Å². The van der Waals surface area contributed by atoms with Crippen molar-refractivity contribution in [2.24, 2.45) is 11.7 Å². The average Bonchev–Trinajstić information content (AvgIpc) is 2.62. The molecule has 0 spiro atoms. The maximum Gasteiger partial charge on any atom is 0.167 e. The molecule has 4 heteroatoms. The lowest BCUT2D eigenvalue weighted by atomic mass is 9.85. The number of aromatic amines is 1. The van der Waals surface area contributed by atoms with E-state index in [1.54, 1.807) is 0 Å². The minimum absolute atomic E-state index is 0.0277. The number of rotatable bonds is 4. The van der Waals surface area contributed by atoms with Crippen molar-refractivity contribution in [1.29, 1.82) is 0 Å². The number of nitrogens with one attached hydrogen (secondary N) is 1. The van der Waals surface area contributed by atoms with Crippen molar-refractivity contribution < 1.29 is 0 Å². The third kappa shape index (κ3) is 2.04. The Bertz CT molecular complexity index is 316. The van der Waals surface area contributed by atoms with E-state index in [0.29, 0.717) is 11.8 Å². The molecule has 1 aliphatic rings. The second-order valence-corrected chi connectivity index (χ2v) is 4.62. The van der Waals surface area contributed by atoms with E-state index >= 15 is 0 Å². The van der Waals surface area contributed by atoms with Gasteiger partial charge in [0.05, 0.1) is 6.04 Å². The molecule has 0 aliphatic heterocycles. The highest BCUT2D eigenvalue weighted by Crippen LogP contribution is 2.34. The van der Waals surface area contributed by atoms with E-state index in [1.165, 1.54) is 19.3 Å². The summed E-state index contributed by atoms with van der Waals surface area (Å²) in [4.78, 5) is 4.51. The van der Waals surface area contributed by atoms with Gasteiger partial charge in [-0.05, 0) is 18.8 Å². The number of hydrogen-bond acceptors (Lipinski definition) is 3. The molecule has 1 fully saturated rings. The molecule has 1 saturated carbocycles. The van der Waals surface area contributed by atoms with Crippen LogP contribution in [0.5, 0.6) is 0 Å². The predicted octanol–water partition coefficient (Wildman–Crippen LogP) is 2.12. The summed E-state index contributed by atoms with van der Waals surface area (Å²) in [6.07, 6.45) is 4.87. The molecule has 0 bridgehead atoms. The Morgan fingerprint density at radius 1 is 1.53 bits per heavy atom. The summed E-state index contributed by atoms with van der Waals surface area (Å²) in [7, 11) is 0. The summed E-state index contributed by atoms with van der Waals surface area (Å²) in [5.74, 6) is 2.87. The molecule has 4 nitrogen and oxygen atoms in total. The fourth-order valence-electron chi connectivity index (χ4n) is 1.81. The van der Waals surface area contributed by atoms with Crippen molar-refractivity contribution in [3.63, 3.8) is 0 Å². The van der Waals surface area contributed by atoms with Gasteiger partial charge in [-0.25, -0.2) is 4.98 Å². The van der Waals surface area contributed by atoms with Crippen LogP contribution in [0.15, 0.2) is 0 Å². The number of aromatic nitrogens is 3. The minimum atomic E-state index is -0.0277. The zero-order valence-corrected chi connectivity index (χ0v) is 9.53. The first kappa shape index (κ1) is 10.6. The van der Waals surface area contributed by atoms with Gasteiger partial charge in [-0.1, -0.05) is 26.7 Å². The molecule has 84 valence electrons. The van der Waals surface area contributed by atoms with Crippen LogP contribution in [-0.4, -0.2) is 15.2 Å². The topological polar surface area (TPSA) is 67.6 Å². The van der Waals surface area contributed by atoms with Gasteiger partial charge in [0.1, 0.15) is 5.82 Å². The Hall–Kier alpha value is -0.900. The maximum atomic E-state index is 6.08. The highest BCUT2D eigenvalue weighted by molar-refractivity contribution is 5.04. The molecule has 1 aromatic rings. The summed E-state index contributed by atoms with van der Waals surface area (Å²) < 4.78 is 0. The normalized spacial score (nSPS) is 21.0. The molecule has 1 aliphatic carbocycles. The van der Waals surface area contributed by atoms with Crippen molar-refractivity contribution in [3.8, 4) is 0 Å². The van der Waals surface area contributed by atoms with Gasteiger partial charge in [0, 0.05) is 5.92 Å². The molecule has 1 aromatic heterocycles. The lowest BCUT2D eigenvalue weighted by Crippen LogP contribution is -2.20. The average molecular weight is 208 g/mol. The van der Waals surface area contributed by atoms with Crippen LogP contribution >= 0.6 is 0 Å². The quantitative estimate of drug-likeness (QED) is 0.796. The Morgan fingerprint density at radius 3 is 2.80 bits per heavy atom. The predicted molar refractivity (Wildman–Crippen MR) is 59.4 cm³/mol. The minimum Gasteiger partial charge on any atom is -0.321 e. The van der Waals surface area contributed by atoms with Gasteiger partial charge in [0.25, 0.3) is 0 Å². The second-order valence-electron chi connectivity index (χ2n) is 4.62. The number of nitrogens with zero attached hydrogens (tertiary/aromatic N) is 2. The van der Waals surface area contributed by atoms with E-state index in [0.717, 1.165) is 18.1 Å². The molecule has 2 unspecified atom stereocenters. The van der Waals surface area contributed by atoms with E-state index < -0.39 is 0 Å². The van der Waals surface area contributed by atoms with Gasteiger partial charge < -0.3 is 5.73 Å². The lowest BCUT2D eigenvalue weighted by Gasteiger charge is -2.22. The Balaban J connectivity index is 2.05. The molecule has 1 heterocycles. The third-order valence-electron chi connectivity index (χ3n) is 3.57. The van der Waals surface area contributed by atoms with Crippen molar-refractivity contribution in [2.45, 2.75) is 51.5 Å². The van der Waals surface area contributed by atoms with Crippen LogP contribution in [0.2, 0.25) is 0 Å². The molecule has 0 amide bonds. The molecule has 0 aromatic carbocycles. The molecule has 15 heavy (non-hydrogen) atoms. The molecule has 3 N–H and O–H groups in total. The van der Waals surface area contributed by atoms with Crippen LogP contribution in [0.4, 0.5) is 0 Å². The van der Waals surface area contributed by atoms with Gasteiger partial charge in [0.15, 0.2) is 5.82 Å². The molecule has 2 rings (SSSR count). The zero-order chi connectivity index (χ0) is 10.8. The van der Waals surface area contributed by atoms with E-state index in [9.17, 15) is 0 Å². The summed E-state index contributed by atoms with van der Waals surface area (Å²) >= 11 is 0. The monoisotopic (exact) mass is 208 g/mol. The first-order chi connectivity index (χ1) is 7.22. The number of hydrogen-bond donors (Lipinski definition) is 2. The van der Waals surface area contributed by atoms with E-state index in [2.05, 4.69) is 29.0 Å². The maximum absolute atomic E-state index is 6.08. The Morgan fingerprint density at radius 2 is 2.27 bits per heavy atom. The van der Waals surface area contributed by atoms with Crippen molar-refractivity contribution in [2.75, 3.05) is 0 Å². The second kappa shape index (κ2) is 4.31. The standard InChI is InChI=1S/C11H20N4/c1-3-7(2)9(12)11-13-10(14-15-11)8-5-4-6-8/h7-9H,3-6,12H2,1-2H3,(H,13,14,15). The molecular formula is C11H20N4. The van der Waals surface area contributed by atoms with Crippen molar-refractivity contribution in [3.05, 3.63) is 11.6 Å². The third-order valence-corrected chi connectivity index (χ3v) is 3.57. The largest absolute Gasteiger partial charge is 0.321 e. The van der Waals surface area contributed by atoms with Gasteiger partial charge in [-0.3, -0.25) is 5.10 Å². The van der Waals surface area contributed by atoms with E-state index in [4.69, 9.17) is 5.73 Å². The highest BCUT2D eigenvalue weighted by Gasteiger charge is 2.25. The van der Waals surface area contributed by atoms with Gasteiger partial charge in [0.2, 0.25) is 0 Å². The number of H-pyrrole nitrogens is 1. The Labute approximate surface area is 90.7 Å². The zero-order valence-electron chi connectivity index (χ0n) is 9.53. The summed E-state index contributed by atoms with van der Waals surface area (Å²) in [6, 6.07) is -0.0277. The summed E-state index contributed by atoms with van der Waals surface area (Å²) in [5.41, 5.74) is 6.08. The first-order valence-electron chi connectivity index (χ1n) is 5.90. The molecule has 0 radical (unpaired) electrons. The lowest BCUT2D eigenvalue weighted by molar-refractivity contribution is 0.400. The Kier molecular flexibility index (Phi) is 3.05. The van der Waals surface area contributed by atoms with Gasteiger partial charge in [-0.15, -0.1) is 0 Å². The van der Waals surface area contributed by atoms with Crippen LogP contribution in [0, 0.1) is 5.92 Å². The summed E-state index contributed by atoms with van der Waals surface area (Å²) in [6.45, 7) is 4.29. The van der Waals surface area contributed by atoms with Crippen LogP contribution < -0.4 is 5.73 Å². The van der Waals surface area contributed by atoms with Crippen molar-refractivity contribution >= 4 is 0 Å². The highest BCUT2D eigenvalue weighted by atomic mass is 15.2. The first-order valence-corrected chi connectivity index (χ1v) is 5.90. The summed E-state index contributed by atoms with van der Waals surface area (Å²) in [5, 5.41) is 7.25. The SMILES string of the molecule is CCC(C)C(N)c1n[nH]c(C2CCC2)n1. The fourth-order valence-corrected chi connectivity index (χ4v) is 1.81. The van der Waals surface area contributed by atoms with Crippen molar-refractivity contribution in [1.82, 2.24) is 15.2 Å². The van der Waals surface area contributed by atoms with E-state index in [1.807, 2.05) is 0 Å². The van der Waals surface area contributed by atoms with Gasteiger partial charge in [-0.2, -0.15) is 5.10 Å². The van der Waals surface area contributed by atoms with Gasteiger partial charge >= 0.3 is 0 Å². The smallest absolute Gasteiger partial charge is 0.167 e. The molecule has 0 saturated heterocycles. The fraction of sp³-hybridized carbons (Fsp3) is 0.818. The molecular weight excluding hydrogens is 188 g/mol.